The maximum atomic E-state index is 5.59. The van der Waals surface area contributed by atoms with Gasteiger partial charge in [-0.25, -0.2) is 4.98 Å². The molecule has 5 heteroatoms. The van der Waals surface area contributed by atoms with Gasteiger partial charge in [0.25, 0.3) is 0 Å². The van der Waals surface area contributed by atoms with Crippen LogP contribution in [-0.2, 0) is 23.7 Å². The summed E-state index contributed by atoms with van der Waals surface area (Å²) in [7, 11) is 1.95. The van der Waals surface area contributed by atoms with E-state index in [1.165, 1.54) is 11.3 Å². The third kappa shape index (κ3) is 2.03. The maximum absolute atomic E-state index is 5.59. The number of para-hydroxylation sites is 1. The Kier molecular flexibility index (Phi) is 2.96. The lowest BCUT2D eigenvalue weighted by Gasteiger charge is -2.34. The average molecular weight is 284 g/mol. The highest BCUT2D eigenvalue weighted by molar-refractivity contribution is 5.62. The van der Waals surface area contributed by atoms with Crippen LogP contribution in [0.1, 0.15) is 24.2 Å². The number of hydrogen-bond acceptors (Lipinski definition) is 4. The molecule has 1 saturated heterocycles. The van der Waals surface area contributed by atoms with E-state index in [4.69, 9.17) is 4.74 Å². The Morgan fingerprint density at radius 2 is 2.05 bits per heavy atom. The largest absolute Gasteiger partial charge is 0.381 e. The van der Waals surface area contributed by atoms with Crippen LogP contribution in [-0.4, -0.2) is 34.5 Å². The fraction of sp³-hybridized carbons (Fsp3) is 0.500. The van der Waals surface area contributed by atoms with Gasteiger partial charge in [0, 0.05) is 37.9 Å². The number of hydrogen-bond donors (Lipinski definition) is 0. The van der Waals surface area contributed by atoms with Crippen LogP contribution in [0.5, 0.6) is 0 Å². The van der Waals surface area contributed by atoms with Crippen molar-refractivity contribution in [1.82, 2.24) is 14.8 Å². The standard InChI is InChI=1S/C16H20N4O/c1-19-15(17-12-18-19)10-20-11-16(6-8-21-9-7-16)13-4-2-3-5-14(13)20/h2-5,12H,6-11H2,1H3. The molecule has 21 heavy (non-hydrogen) atoms. The number of nitrogens with zero attached hydrogens (tertiary/aromatic N) is 4. The summed E-state index contributed by atoms with van der Waals surface area (Å²) in [5.74, 6) is 1.01. The summed E-state index contributed by atoms with van der Waals surface area (Å²) in [6.07, 6.45) is 3.85. The molecule has 4 rings (SSSR count). The normalized spacial score (nSPS) is 20.0. The van der Waals surface area contributed by atoms with Crippen LogP contribution in [0.4, 0.5) is 5.69 Å². The molecule has 0 unspecified atom stereocenters. The summed E-state index contributed by atoms with van der Waals surface area (Å²) in [4.78, 5) is 6.82. The molecule has 0 atom stereocenters. The highest BCUT2D eigenvalue weighted by atomic mass is 16.5. The van der Waals surface area contributed by atoms with Crippen molar-refractivity contribution >= 4 is 5.69 Å². The highest BCUT2D eigenvalue weighted by Gasteiger charge is 2.43. The van der Waals surface area contributed by atoms with E-state index >= 15 is 0 Å². The van der Waals surface area contributed by atoms with Crippen LogP contribution in [0, 0.1) is 0 Å². The Morgan fingerprint density at radius 3 is 2.81 bits per heavy atom. The minimum Gasteiger partial charge on any atom is -0.381 e. The second kappa shape index (κ2) is 4.84. The van der Waals surface area contributed by atoms with E-state index in [9.17, 15) is 0 Å². The number of aromatic nitrogens is 3. The maximum Gasteiger partial charge on any atom is 0.146 e. The van der Waals surface area contributed by atoms with Crippen LogP contribution < -0.4 is 4.90 Å². The molecule has 1 spiro atoms. The first-order chi connectivity index (χ1) is 10.3. The van der Waals surface area contributed by atoms with E-state index < -0.39 is 0 Å². The van der Waals surface area contributed by atoms with Crippen molar-refractivity contribution in [3.8, 4) is 0 Å². The van der Waals surface area contributed by atoms with Crippen molar-refractivity contribution in [3.63, 3.8) is 0 Å². The predicted octanol–water partition coefficient (Wildman–Crippen LogP) is 1.88. The van der Waals surface area contributed by atoms with Gasteiger partial charge >= 0.3 is 0 Å². The van der Waals surface area contributed by atoms with Gasteiger partial charge in [-0.15, -0.1) is 0 Å². The van der Waals surface area contributed by atoms with Gasteiger partial charge in [-0.05, 0) is 24.5 Å². The fourth-order valence-electron chi connectivity index (χ4n) is 3.70. The number of fused-ring (bicyclic) bond motifs is 2. The highest BCUT2D eigenvalue weighted by Crippen LogP contribution is 2.46. The molecule has 1 fully saturated rings. The molecule has 0 radical (unpaired) electrons. The van der Waals surface area contributed by atoms with Crippen molar-refractivity contribution < 1.29 is 4.74 Å². The van der Waals surface area contributed by atoms with Crippen molar-refractivity contribution in [1.29, 1.82) is 0 Å². The molecule has 0 bridgehead atoms. The average Bonchev–Trinajstić information content (AvgIpc) is 3.04. The Labute approximate surface area is 124 Å². The second-order valence-electron chi connectivity index (χ2n) is 6.07. The Hall–Kier alpha value is -1.88. The molecule has 0 N–H and O–H groups in total. The number of ether oxygens (including phenoxy) is 1. The van der Waals surface area contributed by atoms with E-state index in [2.05, 4.69) is 39.2 Å². The minimum absolute atomic E-state index is 0.257. The molecule has 2 aliphatic heterocycles. The number of rotatable bonds is 2. The summed E-state index contributed by atoms with van der Waals surface area (Å²) >= 11 is 0. The van der Waals surface area contributed by atoms with Crippen molar-refractivity contribution in [2.75, 3.05) is 24.7 Å². The first-order valence-corrected chi connectivity index (χ1v) is 7.54. The van der Waals surface area contributed by atoms with Crippen LogP contribution in [0.2, 0.25) is 0 Å². The SMILES string of the molecule is Cn1ncnc1CN1CC2(CCOCC2)c2ccccc21. The van der Waals surface area contributed by atoms with Crippen LogP contribution >= 0.6 is 0 Å². The topological polar surface area (TPSA) is 43.2 Å². The quantitative estimate of drug-likeness (QED) is 0.844. The zero-order chi connectivity index (χ0) is 14.3. The smallest absolute Gasteiger partial charge is 0.146 e. The molecule has 3 heterocycles. The summed E-state index contributed by atoms with van der Waals surface area (Å²) in [5, 5.41) is 4.18. The zero-order valence-corrected chi connectivity index (χ0v) is 12.3. The van der Waals surface area contributed by atoms with E-state index in [0.29, 0.717) is 0 Å². The Balaban J connectivity index is 1.69. The third-order valence-corrected chi connectivity index (χ3v) is 4.90. The number of aryl methyl sites for hydroxylation is 1. The second-order valence-corrected chi connectivity index (χ2v) is 6.07. The van der Waals surface area contributed by atoms with Gasteiger partial charge in [-0.2, -0.15) is 5.10 Å². The van der Waals surface area contributed by atoms with E-state index in [-0.39, 0.29) is 5.41 Å². The van der Waals surface area contributed by atoms with Gasteiger partial charge in [0.1, 0.15) is 12.2 Å². The molecule has 0 saturated carbocycles. The fourth-order valence-corrected chi connectivity index (χ4v) is 3.70. The molecule has 2 aromatic rings. The lowest BCUT2D eigenvalue weighted by Crippen LogP contribution is -2.38. The molecule has 1 aromatic heterocycles. The summed E-state index contributed by atoms with van der Waals surface area (Å²) in [5.41, 5.74) is 3.09. The van der Waals surface area contributed by atoms with Crippen LogP contribution in [0.3, 0.4) is 0 Å². The molecule has 5 nitrogen and oxygen atoms in total. The number of benzene rings is 1. The minimum atomic E-state index is 0.257. The summed E-state index contributed by atoms with van der Waals surface area (Å²) < 4.78 is 7.45. The van der Waals surface area contributed by atoms with Gasteiger partial charge in [-0.3, -0.25) is 4.68 Å². The first-order valence-electron chi connectivity index (χ1n) is 7.54. The molecule has 1 aromatic carbocycles. The third-order valence-electron chi connectivity index (χ3n) is 4.90. The van der Waals surface area contributed by atoms with Crippen molar-refractivity contribution in [3.05, 3.63) is 42.0 Å². The van der Waals surface area contributed by atoms with Gasteiger partial charge in [-0.1, -0.05) is 18.2 Å². The lowest BCUT2D eigenvalue weighted by atomic mass is 9.76. The van der Waals surface area contributed by atoms with Gasteiger partial charge in [0.2, 0.25) is 0 Å². The van der Waals surface area contributed by atoms with Crippen molar-refractivity contribution in [2.24, 2.45) is 7.05 Å². The molecule has 0 amide bonds. The molecular weight excluding hydrogens is 264 g/mol. The lowest BCUT2D eigenvalue weighted by molar-refractivity contribution is 0.0552. The monoisotopic (exact) mass is 284 g/mol. The molecule has 110 valence electrons. The van der Waals surface area contributed by atoms with E-state index in [1.807, 2.05) is 11.7 Å². The Morgan fingerprint density at radius 1 is 1.24 bits per heavy atom. The van der Waals surface area contributed by atoms with E-state index in [0.717, 1.165) is 45.0 Å². The molecule has 0 aliphatic carbocycles. The molecule has 2 aliphatic rings. The Bertz CT molecular complexity index is 645. The summed E-state index contributed by atoms with van der Waals surface area (Å²) in [6.45, 7) is 3.61. The summed E-state index contributed by atoms with van der Waals surface area (Å²) in [6, 6.07) is 8.80. The number of anilines is 1. The first kappa shape index (κ1) is 12.8. The van der Waals surface area contributed by atoms with Gasteiger partial charge in [0.05, 0.1) is 6.54 Å². The zero-order valence-electron chi connectivity index (χ0n) is 12.3. The van der Waals surface area contributed by atoms with Crippen molar-refractivity contribution in [2.45, 2.75) is 24.8 Å². The van der Waals surface area contributed by atoms with E-state index in [1.54, 1.807) is 6.33 Å². The van der Waals surface area contributed by atoms with Gasteiger partial charge in [0.15, 0.2) is 0 Å². The van der Waals surface area contributed by atoms with Crippen LogP contribution in [0.25, 0.3) is 0 Å². The van der Waals surface area contributed by atoms with Crippen LogP contribution in [0.15, 0.2) is 30.6 Å². The predicted molar refractivity (Wildman–Crippen MR) is 80.2 cm³/mol. The van der Waals surface area contributed by atoms with Gasteiger partial charge < -0.3 is 9.64 Å². The molecular formula is C16H20N4O.